The van der Waals surface area contributed by atoms with Crippen molar-refractivity contribution in [1.82, 2.24) is 0 Å². The Bertz CT molecular complexity index is 33.8. The number of rotatable bonds is 0. The van der Waals surface area contributed by atoms with Crippen LogP contribution in [0.3, 0.4) is 0 Å². The first kappa shape index (κ1) is 15.8. The van der Waals surface area contributed by atoms with Gasteiger partial charge in [-0.15, -0.1) is 0 Å². The zero-order valence-corrected chi connectivity index (χ0v) is 9.66. The van der Waals surface area contributed by atoms with Crippen LogP contribution in [0.15, 0.2) is 0 Å². The molecule has 0 bridgehead atoms. The summed E-state index contributed by atoms with van der Waals surface area (Å²) in [5, 5.41) is 14.8. The summed E-state index contributed by atoms with van der Waals surface area (Å²) in [5.41, 5.74) is 0. The van der Waals surface area contributed by atoms with Crippen LogP contribution in [0.25, 0.3) is 0 Å². The Morgan fingerprint density at radius 2 is 1.33 bits per heavy atom. The first-order chi connectivity index (χ1) is 1.73. The van der Waals surface area contributed by atoms with Crippen LogP contribution in [-0.2, 0) is 22.4 Å². The molecule has 0 N–H and O–H groups in total. The second-order valence-corrected chi connectivity index (χ2v) is 0.224. The van der Waals surface area contributed by atoms with Crippen LogP contribution in [0.5, 0.6) is 0 Å². The molecular formula is H3AgBiNO3. The third kappa shape index (κ3) is 104. The van der Waals surface area contributed by atoms with E-state index in [0.29, 0.717) is 0 Å². The summed E-state index contributed by atoms with van der Waals surface area (Å²) in [6, 6.07) is 0. The Hall–Kier alpha value is 0.823. The topological polar surface area (TPSA) is 66.2 Å². The van der Waals surface area contributed by atoms with Gasteiger partial charge < -0.3 is 15.3 Å². The maximum absolute atomic E-state index is 8.25. The van der Waals surface area contributed by atoms with E-state index in [-0.39, 0.29) is 48.6 Å². The molecule has 0 amide bonds. The van der Waals surface area contributed by atoms with Crippen molar-refractivity contribution in [3.8, 4) is 0 Å². The summed E-state index contributed by atoms with van der Waals surface area (Å²) in [6.45, 7) is 0. The van der Waals surface area contributed by atoms with Crippen LogP contribution < -0.4 is 0 Å². The third-order valence-electron chi connectivity index (χ3n) is 0. The standard InChI is InChI=1S/Ag.Bi.NO3.3H/c;;2-1(3)4;;;/q+1;;-1;;;. The molecule has 42 valence electrons. The van der Waals surface area contributed by atoms with Gasteiger partial charge in [0.25, 0.3) is 0 Å². The average molecular weight is 382 g/mol. The molecule has 0 aromatic carbocycles. The van der Waals surface area contributed by atoms with E-state index < -0.39 is 5.09 Å². The first-order valence-electron chi connectivity index (χ1n) is 0.548. The van der Waals surface area contributed by atoms with Crippen molar-refractivity contribution in [1.29, 1.82) is 0 Å². The molecule has 0 fully saturated rings. The summed E-state index contributed by atoms with van der Waals surface area (Å²) < 4.78 is 0. The SMILES string of the molecule is O=[N+]([O-])[O-].[Ag+].[BiH3]. The van der Waals surface area contributed by atoms with Crippen molar-refractivity contribution >= 4 is 26.2 Å². The van der Waals surface area contributed by atoms with E-state index in [4.69, 9.17) is 15.3 Å². The summed E-state index contributed by atoms with van der Waals surface area (Å²) in [4.78, 5) is 8.25. The molecule has 6 heteroatoms. The van der Waals surface area contributed by atoms with Gasteiger partial charge in [-0.05, 0) is 0 Å². The Labute approximate surface area is 68.7 Å². The number of nitrogens with zero attached hydrogens (tertiary/aromatic N) is 1. The van der Waals surface area contributed by atoms with Gasteiger partial charge in [-0.1, -0.05) is 0 Å². The second kappa shape index (κ2) is 9.27. The number of hydrogen-bond acceptors (Lipinski definition) is 3. The maximum atomic E-state index is 8.25. The van der Waals surface area contributed by atoms with Crippen LogP contribution in [0.4, 0.5) is 0 Å². The van der Waals surface area contributed by atoms with Crippen LogP contribution in [0, 0.1) is 15.3 Å². The first-order valence-corrected chi connectivity index (χ1v) is 0.548. The summed E-state index contributed by atoms with van der Waals surface area (Å²) in [5.74, 6) is 0. The van der Waals surface area contributed by atoms with Gasteiger partial charge in [-0.25, -0.2) is 0 Å². The minimum absolute atomic E-state index is 0. The summed E-state index contributed by atoms with van der Waals surface area (Å²) >= 11 is 0. The molecule has 0 aliphatic rings. The van der Waals surface area contributed by atoms with Gasteiger partial charge in [0.05, 0.1) is 5.09 Å². The molecule has 0 atom stereocenters. The zero-order chi connectivity index (χ0) is 3.58. The normalized spacial score (nSPS) is 4.00. The fraction of sp³-hybridized carbons (Fsp3) is 0. The van der Waals surface area contributed by atoms with Crippen LogP contribution >= 0.6 is 0 Å². The summed E-state index contributed by atoms with van der Waals surface area (Å²) in [6.07, 6.45) is 0. The second-order valence-electron chi connectivity index (χ2n) is 0.224. The average Bonchev–Trinajstić information content (AvgIpc) is 0.811. The van der Waals surface area contributed by atoms with Crippen LogP contribution in [0.2, 0.25) is 0 Å². The van der Waals surface area contributed by atoms with Gasteiger partial charge in [-0.2, -0.15) is 0 Å². The van der Waals surface area contributed by atoms with Crippen LogP contribution in [-0.4, -0.2) is 31.3 Å². The fourth-order valence-electron chi connectivity index (χ4n) is 0. The van der Waals surface area contributed by atoms with E-state index in [0.717, 1.165) is 0 Å². The molecule has 0 spiro atoms. The van der Waals surface area contributed by atoms with Crippen molar-refractivity contribution in [2.45, 2.75) is 0 Å². The molecule has 0 aliphatic carbocycles. The van der Waals surface area contributed by atoms with E-state index in [9.17, 15) is 0 Å². The molecule has 0 heterocycles. The van der Waals surface area contributed by atoms with Crippen molar-refractivity contribution in [2.75, 3.05) is 0 Å². The Kier molecular flexibility index (Phi) is 24.5. The summed E-state index contributed by atoms with van der Waals surface area (Å²) in [7, 11) is 0. The molecule has 0 unspecified atom stereocenters. The molecule has 0 aromatic heterocycles. The zero-order valence-electron chi connectivity index (χ0n) is 2.68. The van der Waals surface area contributed by atoms with Gasteiger partial charge >= 0.3 is 48.6 Å². The van der Waals surface area contributed by atoms with Crippen molar-refractivity contribution in [3.63, 3.8) is 0 Å². The monoisotopic (exact) mass is 381 g/mol. The molecule has 0 radical (unpaired) electrons. The molecule has 0 saturated heterocycles. The Morgan fingerprint density at radius 1 is 1.33 bits per heavy atom. The quantitative estimate of drug-likeness (QED) is 0.294. The molecule has 6 heavy (non-hydrogen) atoms. The molecule has 0 aromatic rings. The molecule has 0 saturated carbocycles. The Morgan fingerprint density at radius 3 is 1.33 bits per heavy atom. The van der Waals surface area contributed by atoms with Gasteiger partial charge in [0.2, 0.25) is 0 Å². The van der Waals surface area contributed by atoms with Crippen molar-refractivity contribution in [2.24, 2.45) is 0 Å². The Balaban J connectivity index is -0.0000000450. The van der Waals surface area contributed by atoms with Crippen LogP contribution in [0.1, 0.15) is 0 Å². The van der Waals surface area contributed by atoms with Crippen molar-refractivity contribution in [3.05, 3.63) is 15.3 Å². The number of hydrogen-bond donors (Lipinski definition) is 0. The predicted octanol–water partition coefficient (Wildman–Crippen LogP) is -1.43. The van der Waals surface area contributed by atoms with Gasteiger partial charge in [0.15, 0.2) is 0 Å². The van der Waals surface area contributed by atoms with E-state index in [1.165, 1.54) is 0 Å². The molecule has 0 rings (SSSR count). The molecule has 0 aliphatic heterocycles. The van der Waals surface area contributed by atoms with Gasteiger partial charge in [0, 0.05) is 0 Å². The van der Waals surface area contributed by atoms with E-state index in [1.54, 1.807) is 0 Å². The van der Waals surface area contributed by atoms with E-state index >= 15 is 0 Å². The molecule has 4 nitrogen and oxygen atoms in total. The molecular weight excluding hydrogens is 379 g/mol. The predicted molar refractivity (Wildman–Crippen MR) is 20.3 cm³/mol. The fourth-order valence-corrected chi connectivity index (χ4v) is 0. The minimum atomic E-state index is -1.75. The van der Waals surface area contributed by atoms with E-state index in [2.05, 4.69) is 0 Å². The van der Waals surface area contributed by atoms with Gasteiger partial charge in [0.1, 0.15) is 0 Å². The third-order valence-corrected chi connectivity index (χ3v) is 0. The van der Waals surface area contributed by atoms with E-state index in [1.807, 2.05) is 0 Å². The van der Waals surface area contributed by atoms with Gasteiger partial charge in [-0.3, -0.25) is 0 Å². The van der Waals surface area contributed by atoms with Crippen molar-refractivity contribution < 1.29 is 27.5 Å².